The minimum Gasteiger partial charge on any atom is -0.459 e. The van der Waals surface area contributed by atoms with E-state index in [9.17, 15) is 152 Å². The zero-order valence-corrected chi connectivity index (χ0v) is 82.3. The minimum absolute atomic E-state index is 0.0401. The van der Waals surface area contributed by atoms with Crippen molar-refractivity contribution < 1.29 is 209 Å². The average Bonchev–Trinajstić information content (AvgIpc) is 0.905. The van der Waals surface area contributed by atoms with Crippen LogP contribution in [0.2, 0.25) is 0 Å². The molecule has 4 rings (SSSR count). The molecule has 45 heteroatoms. The van der Waals surface area contributed by atoms with Crippen molar-refractivity contribution in [3.8, 4) is 0 Å². The molecule has 0 heterocycles. The van der Waals surface area contributed by atoms with Gasteiger partial charge in [-0.25, -0.2) is 19.2 Å². The third kappa shape index (κ3) is 33.7. The maximum Gasteiger partial charge on any atom is 0.428 e. The standard InChI is InChI=1S/C23H36F6O6.C23H39F3O6.2C22H34F6O6/c1-13(2)17(30)35-16-10-14(18(3,4)33-11-20(7,31)22(24,25)26)9-15(16)19(5,6)34-12-21(8,32)23(27,28)29;1-14(2)18(27)32-15-10-16(20(5,6)30-12-19(3,4)28)17(11-15)21(7,8)31-13-22(9,29)23(24,25)26;1-12(2)16(29)34-14-9-13(15(14)19(7,8)32-10-17(3,4)30)18(5,6)33-11-20(31,21(23,24)25)22(26,27)28;1-13(2)15(29)34-14-9-10-19(14,17(5,6)32-11-16(3,4)30)18(7,8)33-12-20(31,21(23,24)25)22(26,27)28/h14-16,31-32H,1,9-12H2,2-8H3;15-17,28-29H,1,10-13H2,2-9H3;13-15,30-31H,1,9-11H2,2-8H3;14,30-31H,1,9-12H2,2-8H3. The molecule has 4 fully saturated rings. The summed E-state index contributed by atoms with van der Waals surface area (Å²) in [6, 6.07) is 0. The molecule has 0 aromatic carbocycles. The summed E-state index contributed by atoms with van der Waals surface area (Å²) >= 11 is 0. The van der Waals surface area contributed by atoms with Gasteiger partial charge in [0.15, 0.2) is 16.8 Å². The van der Waals surface area contributed by atoms with Crippen LogP contribution in [-0.2, 0) is 76.0 Å². The molecule has 24 nitrogen and oxygen atoms in total. The highest BCUT2D eigenvalue weighted by molar-refractivity contribution is 5.88. The zero-order valence-electron chi connectivity index (χ0n) is 82.3. The van der Waals surface area contributed by atoms with Gasteiger partial charge in [0.25, 0.3) is 11.2 Å². The number of ether oxygens (including phenoxy) is 12. The van der Waals surface area contributed by atoms with Gasteiger partial charge < -0.3 is 97.7 Å². The molecule has 8 N–H and O–H groups in total. The van der Waals surface area contributed by atoms with Crippen molar-refractivity contribution in [1.82, 2.24) is 0 Å². The third-order valence-electron chi connectivity index (χ3n) is 25.2. The molecule has 0 aromatic heterocycles. The van der Waals surface area contributed by atoms with Crippen molar-refractivity contribution in [2.24, 2.45) is 40.9 Å². The van der Waals surface area contributed by atoms with Gasteiger partial charge in [0.05, 0.1) is 120 Å². The molecule has 0 saturated heterocycles. The van der Waals surface area contributed by atoms with Gasteiger partial charge in [-0.2, -0.15) is 92.2 Å². The largest absolute Gasteiger partial charge is 0.459 e. The first-order valence-electron chi connectivity index (χ1n) is 43.0. The molecule has 0 bridgehead atoms. The smallest absolute Gasteiger partial charge is 0.428 e. The monoisotopic (exact) mass is 2010 g/mol. The predicted octanol–water partition coefficient (Wildman–Crippen LogP) is 17.7. The van der Waals surface area contributed by atoms with Gasteiger partial charge in [-0.05, 0) is 269 Å². The number of halogens is 21. The number of carbonyl (C=O) groups excluding carboxylic acids is 4. The van der Waals surface area contributed by atoms with Crippen LogP contribution in [0.3, 0.4) is 0 Å². The lowest BCUT2D eigenvalue weighted by Gasteiger charge is -2.63. The van der Waals surface area contributed by atoms with E-state index >= 15 is 0 Å². The molecule has 4 saturated carbocycles. The summed E-state index contributed by atoms with van der Waals surface area (Å²) in [5, 5.41) is 78.4. The first-order chi connectivity index (χ1) is 59.1. The predicted molar refractivity (Wildman–Crippen MR) is 448 cm³/mol. The number of aliphatic hydroxyl groups is 8. The highest BCUT2D eigenvalue weighted by Crippen LogP contribution is 2.62. The van der Waals surface area contributed by atoms with Crippen LogP contribution in [0.15, 0.2) is 48.6 Å². The van der Waals surface area contributed by atoms with Gasteiger partial charge in [-0.15, -0.1) is 0 Å². The first kappa shape index (κ1) is 128. The number of alkyl halides is 21. The Bertz CT molecular complexity index is 3930. The number of esters is 4. The maximum atomic E-state index is 13.2. The molecule has 14 unspecified atom stereocenters. The Morgan fingerprint density at radius 1 is 0.289 bits per heavy atom. The zero-order chi connectivity index (χ0) is 107. The summed E-state index contributed by atoms with van der Waals surface area (Å²) < 4.78 is 342. The average molecular weight is 2010 g/mol. The van der Waals surface area contributed by atoms with Crippen molar-refractivity contribution in [3.05, 3.63) is 48.6 Å². The van der Waals surface area contributed by atoms with Gasteiger partial charge in [-0.1, -0.05) is 26.3 Å². The Morgan fingerprint density at radius 2 is 0.548 bits per heavy atom. The number of hydrogen-bond donors (Lipinski definition) is 8. The van der Waals surface area contributed by atoms with Gasteiger partial charge in [0.1, 0.15) is 24.4 Å². The van der Waals surface area contributed by atoms with E-state index in [4.69, 9.17) is 56.8 Å². The summed E-state index contributed by atoms with van der Waals surface area (Å²) in [4.78, 5) is 48.5. The fourth-order valence-corrected chi connectivity index (χ4v) is 15.6. The summed E-state index contributed by atoms with van der Waals surface area (Å²) in [6.07, 6.45) is -40.6. The molecule has 4 aliphatic carbocycles. The fraction of sp³-hybridized carbons (Fsp3) is 0.867. The van der Waals surface area contributed by atoms with E-state index < -0.39 is 243 Å². The fourth-order valence-electron chi connectivity index (χ4n) is 15.6. The Hall–Kier alpha value is -5.27. The minimum atomic E-state index is -6.06. The molecule has 794 valence electrons. The normalized spacial score (nSPS) is 24.0. The second-order valence-corrected chi connectivity index (χ2v) is 42.7. The summed E-state index contributed by atoms with van der Waals surface area (Å²) in [5.41, 5.74) is -34.4. The molecule has 135 heavy (non-hydrogen) atoms. The molecular formula is C90H143F21O24. The highest BCUT2D eigenvalue weighted by atomic mass is 19.4. The van der Waals surface area contributed by atoms with E-state index in [1.807, 2.05) is 13.8 Å². The molecular weight excluding hydrogens is 1860 g/mol. The van der Waals surface area contributed by atoms with Gasteiger partial charge in [0.2, 0.25) is 0 Å². The van der Waals surface area contributed by atoms with Crippen LogP contribution in [0.4, 0.5) is 92.2 Å². The molecule has 14 atom stereocenters. The third-order valence-corrected chi connectivity index (χ3v) is 25.2. The van der Waals surface area contributed by atoms with Gasteiger partial charge in [0, 0.05) is 34.1 Å². The van der Waals surface area contributed by atoms with Crippen LogP contribution in [0.25, 0.3) is 0 Å². The second kappa shape index (κ2) is 43.5. The Morgan fingerprint density at radius 3 is 0.852 bits per heavy atom. The van der Waals surface area contributed by atoms with Crippen molar-refractivity contribution in [2.75, 3.05) is 52.9 Å². The molecule has 4 aliphatic rings. The van der Waals surface area contributed by atoms with Crippen LogP contribution in [0, 0.1) is 40.9 Å². The van der Waals surface area contributed by atoms with Crippen molar-refractivity contribution in [3.63, 3.8) is 0 Å². The van der Waals surface area contributed by atoms with E-state index in [1.54, 1.807) is 41.5 Å². The number of hydrogen-bond acceptors (Lipinski definition) is 24. The van der Waals surface area contributed by atoms with E-state index in [-0.39, 0.29) is 86.1 Å². The van der Waals surface area contributed by atoms with E-state index in [2.05, 4.69) is 26.3 Å². The van der Waals surface area contributed by atoms with E-state index in [0.29, 0.717) is 33.6 Å². The Balaban J connectivity index is 0.000000900. The Labute approximate surface area is 775 Å². The lowest BCUT2D eigenvalue weighted by Crippen LogP contribution is -2.72. The number of carbonyl (C=O) groups is 4. The second-order valence-electron chi connectivity index (χ2n) is 42.7. The van der Waals surface area contributed by atoms with Crippen LogP contribution in [0.5, 0.6) is 0 Å². The quantitative estimate of drug-likeness (QED) is 0.0122. The van der Waals surface area contributed by atoms with Crippen LogP contribution in [0.1, 0.15) is 246 Å². The Kier molecular flexibility index (Phi) is 41.2. The molecule has 0 radical (unpaired) electrons. The molecule has 0 aromatic rings. The van der Waals surface area contributed by atoms with Crippen LogP contribution < -0.4 is 0 Å². The van der Waals surface area contributed by atoms with E-state index in [0.717, 1.165) is 0 Å². The van der Waals surface area contributed by atoms with Gasteiger partial charge in [-0.3, -0.25) is 0 Å². The summed E-state index contributed by atoms with van der Waals surface area (Å²) in [5.74, 6) is -6.06. The van der Waals surface area contributed by atoms with Crippen molar-refractivity contribution in [1.29, 1.82) is 0 Å². The lowest BCUT2D eigenvalue weighted by molar-refractivity contribution is -0.390. The molecule has 0 aliphatic heterocycles. The molecule has 0 amide bonds. The maximum absolute atomic E-state index is 13.2. The summed E-state index contributed by atoms with van der Waals surface area (Å²) in [6.45, 7) is 47.4. The highest BCUT2D eigenvalue weighted by Gasteiger charge is 2.75. The van der Waals surface area contributed by atoms with Crippen LogP contribution >= 0.6 is 0 Å². The van der Waals surface area contributed by atoms with Crippen molar-refractivity contribution in [2.45, 2.75) is 403 Å². The van der Waals surface area contributed by atoms with Crippen molar-refractivity contribution >= 4 is 23.9 Å². The first-order valence-corrected chi connectivity index (χ1v) is 43.0. The molecule has 0 spiro atoms. The number of rotatable bonds is 40. The summed E-state index contributed by atoms with van der Waals surface area (Å²) in [7, 11) is 0. The topological polar surface area (TPSA) is 341 Å². The van der Waals surface area contributed by atoms with Gasteiger partial charge >= 0.3 is 67.1 Å². The lowest BCUT2D eigenvalue weighted by atomic mass is 9.50. The van der Waals surface area contributed by atoms with E-state index in [1.165, 1.54) is 125 Å². The van der Waals surface area contributed by atoms with Crippen LogP contribution in [-0.4, -0.2) is 275 Å². The SMILES string of the molecule is C=C(C)C(=O)OC1CC(C(C)(C)OCC(C)(C)O)C(C(C)(C)OCC(C)(O)C(F)(F)F)C1.C=C(C)C(=O)OC1CC(C(C)(C)OCC(C)(O)C(F)(F)F)CC1C(C)(C)OCC(C)(O)C(F)(F)F.C=C(C)C(=O)OC1CC(C(C)(C)OCC(O)(C(F)(F)F)C(F)(F)F)C1C(C)(C)OCC(C)(C)O.C=C(C)C(=O)OC1CCC1(C(C)(C)OCC(C)(C)O)C(C)(C)OCC(O)(C(F)(F)F)C(F)(F)F.